The van der Waals surface area contributed by atoms with Crippen molar-refractivity contribution in [2.24, 2.45) is 14.1 Å². The van der Waals surface area contributed by atoms with Gasteiger partial charge in [-0.25, -0.2) is 14.1 Å². The van der Waals surface area contributed by atoms with Gasteiger partial charge in [-0.2, -0.15) is 4.98 Å². The maximum atomic E-state index is 13.6. The van der Waals surface area contributed by atoms with Crippen LogP contribution in [-0.4, -0.2) is 67.6 Å². The molecule has 6 rings (SSSR count). The van der Waals surface area contributed by atoms with Gasteiger partial charge in [0, 0.05) is 45.3 Å². The Morgan fingerprint density at radius 3 is 2.33 bits per heavy atom. The number of anilines is 2. The Morgan fingerprint density at radius 1 is 0.952 bits per heavy atom. The number of hydrogen-bond acceptors (Lipinski definition) is 7. The second-order valence-electron chi connectivity index (χ2n) is 10.7. The number of carbonyl (C=O) groups excluding carboxylic acids is 2. The Labute approximate surface area is 244 Å². The third-order valence-electron chi connectivity index (χ3n) is 8.22. The van der Waals surface area contributed by atoms with Crippen LogP contribution in [0.4, 0.5) is 16.0 Å². The normalized spacial score (nSPS) is 18.1. The number of hydrogen-bond donors (Lipinski definition) is 0. The summed E-state index contributed by atoms with van der Waals surface area (Å²) in [7, 11) is 2.99. The Balaban J connectivity index is 1.29. The van der Waals surface area contributed by atoms with Crippen LogP contribution < -0.4 is 21.0 Å². The summed E-state index contributed by atoms with van der Waals surface area (Å²) in [4.78, 5) is 62.3. The van der Waals surface area contributed by atoms with E-state index in [1.807, 2.05) is 9.80 Å². The fourth-order valence-corrected chi connectivity index (χ4v) is 5.99. The number of amides is 2. The van der Waals surface area contributed by atoms with E-state index in [9.17, 15) is 23.6 Å². The Hall–Kier alpha value is -4.29. The molecule has 2 fully saturated rings. The van der Waals surface area contributed by atoms with Gasteiger partial charge in [-0.3, -0.25) is 33.0 Å². The van der Waals surface area contributed by atoms with E-state index in [4.69, 9.17) is 16.6 Å². The molecule has 4 aromatic rings. The van der Waals surface area contributed by atoms with Crippen molar-refractivity contribution in [3.8, 4) is 0 Å². The van der Waals surface area contributed by atoms with E-state index < -0.39 is 17.3 Å². The topological polar surface area (TPSA) is 106 Å². The molecule has 4 heterocycles. The number of rotatable bonds is 5. The number of imidazole rings is 1. The average Bonchev–Trinajstić information content (AvgIpc) is 3.50. The molecule has 42 heavy (non-hydrogen) atoms. The third-order valence-corrected chi connectivity index (χ3v) is 8.63. The summed E-state index contributed by atoms with van der Waals surface area (Å²) in [5.41, 5.74) is 1.50. The Bertz CT molecular complexity index is 1860. The summed E-state index contributed by atoms with van der Waals surface area (Å²) in [6, 6.07) is 10.6. The van der Waals surface area contributed by atoms with Gasteiger partial charge in [-0.05, 0) is 42.3 Å². The van der Waals surface area contributed by atoms with Crippen LogP contribution in [0.2, 0.25) is 5.02 Å². The molecule has 0 N–H and O–H groups in total. The lowest BCUT2D eigenvalue weighted by Gasteiger charge is -2.37. The van der Waals surface area contributed by atoms with E-state index in [1.54, 1.807) is 48.9 Å². The van der Waals surface area contributed by atoms with Gasteiger partial charge in [-0.15, -0.1) is 0 Å². The van der Waals surface area contributed by atoms with Gasteiger partial charge in [0.25, 0.3) is 11.5 Å². The van der Waals surface area contributed by atoms with Gasteiger partial charge in [-0.1, -0.05) is 29.8 Å². The number of fused-ring (bicyclic) bond motifs is 1. The van der Waals surface area contributed by atoms with E-state index in [2.05, 4.69) is 0 Å². The second kappa shape index (κ2) is 10.5. The zero-order chi connectivity index (χ0) is 29.9. The monoisotopic (exact) mass is 593 g/mol. The van der Waals surface area contributed by atoms with E-state index in [0.717, 1.165) is 10.1 Å². The van der Waals surface area contributed by atoms with Crippen molar-refractivity contribution in [2.75, 3.05) is 36.0 Å². The lowest BCUT2D eigenvalue weighted by Crippen LogP contribution is -2.53. The van der Waals surface area contributed by atoms with Crippen LogP contribution in [0.1, 0.15) is 17.5 Å². The zero-order valence-corrected chi connectivity index (χ0v) is 24.1. The maximum Gasteiger partial charge on any atom is 0.332 e. The second-order valence-corrected chi connectivity index (χ2v) is 11.1. The SMILES string of the molecule is Cc1c(Cl)cccc1N1C(=O)CC(N2CCN(c3nc4c(c(=O)n(C)c(=O)n4C)n3Cc3ccc(F)cc3)CC2)C1=O. The summed E-state index contributed by atoms with van der Waals surface area (Å²) in [6.07, 6.45) is 0.0754. The fraction of sp³-hybridized carbons (Fsp3) is 0.345. The summed E-state index contributed by atoms with van der Waals surface area (Å²) in [6.45, 7) is 3.91. The molecule has 13 heteroatoms. The van der Waals surface area contributed by atoms with Gasteiger partial charge in [0.15, 0.2) is 11.2 Å². The number of piperazine rings is 1. The van der Waals surface area contributed by atoms with Crippen molar-refractivity contribution < 1.29 is 14.0 Å². The van der Waals surface area contributed by atoms with Crippen LogP contribution in [0, 0.1) is 12.7 Å². The zero-order valence-electron chi connectivity index (χ0n) is 23.4. The van der Waals surface area contributed by atoms with E-state index in [1.165, 1.54) is 28.6 Å². The Kier molecular flexibility index (Phi) is 6.98. The number of benzene rings is 2. The highest BCUT2D eigenvalue weighted by Crippen LogP contribution is 2.32. The number of nitrogens with zero attached hydrogens (tertiary/aromatic N) is 7. The van der Waals surface area contributed by atoms with Gasteiger partial charge >= 0.3 is 5.69 Å². The first-order chi connectivity index (χ1) is 20.1. The first kappa shape index (κ1) is 27.9. The first-order valence-electron chi connectivity index (χ1n) is 13.6. The molecular formula is C29H29ClFN7O4. The molecular weight excluding hydrogens is 565 g/mol. The molecule has 2 amide bonds. The summed E-state index contributed by atoms with van der Waals surface area (Å²) in [5.74, 6) is -0.415. The van der Waals surface area contributed by atoms with Gasteiger partial charge in [0.1, 0.15) is 5.82 Å². The van der Waals surface area contributed by atoms with Crippen molar-refractivity contribution in [2.45, 2.75) is 25.9 Å². The molecule has 0 aliphatic carbocycles. The molecule has 218 valence electrons. The largest absolute Gasteiger partial charge is 0.340 e. The average molecular weight is 594 g/mol. The summed E-state index contributed by atoms with van der Waals surface area (Å²) < 4.78 is 17.7. The molecule has 0 spiro atoms. The molecule has 11 nitrogen and oxygen atoms in total. The van der Waals surface area contributed by atoms with Gasteiger partial charge in [0.2, 0.25) is 11.9 Å². The minimum atomic E-state index is -0.593. The molecule has 0 bridgehead atoms. The molecule has 2 aliphatic heterocycles. The van der Waals surface area contributed by atoms with Gasteiger partial charge in [0.05, 0.1) is 24.7 Å². The number of carbonyl (C=O) groups is 2. The predicted molar refractivity (Wildman–Crippen MR) is 157 cm³/mol. The van der Waals surface area contributed by atoms with E-state index in [0.29, 0.717) is 48.4 Å². The van der Waals surface area contributed by atoms with Crippen LogP contribution in [0.5, 0.6) is 0 Å². The van der Waals surface area contributed by atoms with Crippen LogP contribution in [-0.2, 0) is 30.2 Å². The van der Waals surface area contributed by atoms with E-state index in [-0.39, 0.29) is 41.8 Å². The predicted octanol–water partition coefficient (Wildman–Crippen LogP) is 2.04. The highest BCUT2D eigenvalue weighted by atomic mass is 35.5. The van der Waals surface area contributed by atoms with Crippen molar-refractivity contribution in [3.63, 3.8) is 0 Å². The minimum Gasteiger partial charge on any atom is -0.340 e. The highest BCUT2D eigenvalue weighted by Gasteiger charge is 2.44. The summed E-state index contributed by atoms with van der Waals surface area (Å²) >= 11 is 6.25. The quantitative estimate of drug-likeness (QED) is 0.326. The van der Waals surface area contributed by atoms with Crippen LogP contribution in [0.25, 0.3) is 11.2 Å². The van der Waals surface area contributed by atoms with Gasteiger partial charge < -0.3 is 4.90 Å². The molecule has 2 aromatic carbocycles. The molecule has 1 unspecified atom stereocenters. The lowest BCUT2D eigenvalue weighted by molar-refractivity contribution is -0.123. The molecule has 2 aromatic heterocycles. The Morgan fingerprint density at radius 2 is 1.64 bits per heavy atom. The smallest absolute Gasteiger partial charge is 0.332 e. The summed E-state index contributed by atoms with van der Waals surface area (Å²) in [5, 5.41) is 0.487. The molecule has 1 atom stereocenters. The molecule has 0 saturated carbocycles. The standard InChI is InChI=1S/C29H29ClFN7O4/c1-17-20(30)5-4-6-21(17)38-23(39)15-22(26(38)40)35-11-13-36(14-12-35)28-32-25-24(27(41)34(3)29(42)33(25)2)37(28)16-18-7-9-19(31)10-8-18/h4-10,22H,11-16H2,1-3H3. The van der Waals surface area contributed by atoms with Crippen molar-refractivity contribution in [1.82, 2.24) is 23.6 Å². The van der Waals surface area contributed by atoms with Crippen molar-refractivity contribution in [1.29, 1.82) is 0 Å². The minimum absolute atomic E-state index is 0.0754. The first-order valence-corrected chi connectivity index (χ1v) is 14.0. The third kappa shape index (κ3) is 4.51. The number of aromatic nitrogens is 4. The molecule has 2 saturated heterocycles. The van der Waals surface area contributed by atoms with Crippen molar-refractivity contribution >= 4 is 46.2 Å². The van der Waals surface area contributed by atoms with Crippen LogP contribution in [0.3, 0.4) is 0 Å². The molecule has 2 aliphatic rings. The molecule has 0 radical (unpaired) electrons. The number of halogens is 2. The lowest BCUT2D eigenvalue weighted by atomic mass is 10.1. The fourth-order valence-electron chi connectivity index (χ4n) is 5.82. The van der Waals surface area contributed by atoms with Crippen molar-refractivity contribution in [3.05, 3.63) is 85.3 Å². The van der Waals surface area contributed by atoms with Crippen LogP contribution in [0.15, 0.2) is 52.1 Å². The maximum absolute atomic E-state index is 13.6. The number of aryl methyl sites for hydroxylation is 1. The highest BCUT2D eigenvalue weighted by molar-refractivity contribution is 6.32. The number of imide groups is 1. The van der Waals surface area contributed by atoms with E-state index >= 15 is 0 Å². The van der Waals surface area contributed by atoms with Crippen LogP contribution >= 0.6 is 11.6 Å².